The van der Waals surface area contributed by atoms with E-state index in [0.717, 1.165) is 19.6 Å². The molecule has 140 valence electrons. The number of hydrogen-bond acceptors (Lipinski definition) is 6. The smallest absolute Gasteiger partial charge is 0.410 e. The van der Waals surface area contributed by atoms with E-state index in [2.05, 4.69) is 4.90 Å². The van der Waals surface area contributed by atoms with E-state index in [4.69, 9.17) is 19.9 Å². The van der Waals surface area contributed by atoms with Crippen LogP contribution >= 0.6 is 0 Å². The number of carbonyl (C=O) groups excluding carboxylic acids is 1. The molecule has 2 N–H and O–H groups in total. The van der Waals surface area contributed by atoms with Crippen molar-refractivity contribution >= 4 is 11.8 Å². The number of piperazine rings is 1. The molecule has 1 aliphatic rings. The molecule has 0 radical (unpaired) electrons. The van der Waals surface area contributed by atoms with Gasteiger partial charge in [0.2, 0.25) is 0 Å². The molecule has 7 nitrogen and oxygen atoms in total. The van der Waals surface area contributed by atoms with Crippen molar-refractivity contribution in [2.75, 3.05) is 52.2 Å². The van der Waals surface area contributed by atoms with Gasteiger partial charge in [0.15, 0.2) is 11.5 Å². The molecule has 0 spiro atoms. The quantitative estimate of drug-likeness (QED) is 0.820. The lowest BCUT2D eigenvalue weighted by Gasteiger charge is -2.35. The zero-order valence-electron chi connectivity index (χ0n) is 15.6. The topological polar surface area (TPSA) is 77.3 Å². The summed E-state index contributed by atoms with van der Waals surface area (Å²) in [4.78, 5) is 16.1. The van der Waals surface area contributed by atoms with E-state index in [9.17, 15) is 4.79 Å². The van der Waals surface area contributed by atoms with Crippen LogP contribution in [0.15, 0.2) is 18.2 Å². The number of amides is 1. The van der Waals surface area contributed by atoms with Crippen molar-refractivity contribution in [3.05, 3.63) is 18.2 Å². The second-order valence-corrected chi connectivity index (χ2v) is 7.07. The van der Waals surface area contributed by atoms with E-state index in [0.29, 0.717) is 36.9 Å². The number of methoxy groups -OCH3 is 1. The normalized spacial score (nSPS) is 15.8. The fourth-order valence-electron chi connectivity index (χ4n) is 2.57. The Balaban J connectivity index is 1.73. The van der Waals surface area contributed by atoms with Crippen molar-refractivity contribution < 1.29 is 19.0 Å². The molecule has 1 fully saturated rings. The molecule has 1 heterocycles. The Kier molecular flexibility index (Phi) is 6.36. The minimum absolute atomic E-state index is 0.241. The molecule has 0 aliphatic carbocycles. The summed E-state index contributed by atoms with van der Waals surface area (Å²) in [5.74, 6) is 1.32. The number of nitrogens with two attached hydrogens (primary N) is 1. The number of ether oxygens (including phenoxy) is 3. The van der Waals surface area contributed by atoms with Crippen LogP contribution in [0.5, 0.6) is 11.5 Å². The molecule has 0 aromatic heterocycles. The lowest BCUT2D eigenvalue weighted by molar-refractivity contribution is 0.0136. The van der Waals surface area contributed by atoms with Crippen LogP contribution in [-0.4, -0.2) is 67.9 Å². The highest BCUT2D eigenvalue weighted by Crippen LogP contribution is 2.28. The lowest BCUT2D eigenvalue weighted by atomic mass is 10.2. The Bertz CT molecular complexity index is 578. The van der Waals surface area contributed by atoms with Crippen LogP contribution in [0.2, 0.25) is 0 Å². The Hall–Kier alpha value is -2.15. The van der Waals surface area contributed by atoms with Gasteiger partial charge in [0.05, 0.1) is 7.11 Å². The fourth-order valence-corrected chi connectivity index (χ4v) is 2.57. The van der Waals surface area contributed by atoms with Crippen molar-refractivity contribution in [3.8, 4) is 11.5 Å². The predicted octanol–water partition coefficient (Wildman–Crippen LogP) is 2.21. The fraction of sp³-hybridized carbons (Fsp3) is 0.611. The molecule has 1 aromatic rings. The number of rotatable bonds is 5. The average molecular weight is 351 g/mol. The Morgan fingerprint density at radius 2 is 1.84 bits per heavy atom. The van der Waals surface area contributed by atoms with E-state index in [1.807, 2.05) is 26.8 Å². The maximum atomic E-state index is 12.1. The van der Waals surface area contributed by atoms with Gasteiger partial charge in [0.1, 0.15) is 12.2 Å². The number of nitrogens with zero attached hydrogens (tertiary/aromatic N) is 2. The monoisotopic (exact) mass is 351 g/mol. The number of hydrogen-bond donors (Lipinski definition) is 1. The highest BCUT2D eigenvalue weighted by Gasteiger charge is 2.25. The molecular weight excluding hydrogens is 322 g/mol. The van der Waals surface area contributed by atoms with Gasteiger partial charge in [-0.1, -0.05) is 0 Å². The van der Waals surface area contributed by atoms with E-state index in [1.54, 1.807) is 24.1 Å². The third-order valence-electron chi connectivity index (χ3n) is 3.88. The summed E-state index contributed by atoms with van der Waals surface area (Å²) in [6.07, 6.45) is -0.241. The first-order chi connectivity index (χ1) is 11.8. The maximum Gasteiger partial charge on any atom is 0.410 e. The standard InChI is InChI=1S/C18H29N3O4/c1-18(2,3)25-17(22)21-9-7-20(8-10-21)11-12-24-15-6-5-14(19)13-16(15)23-4/h5-6,13H,7-12,19H2,1-4H3. The van der Waals surface area contributed by atoms with Crippen molar-refractivity contribution in [1.82, 2.24) is 9.80 Å². The third kappa shape index (κ3) is 6.01. The molecule has 1 saturated heterocycles. The minimum Gasteiger partial charge on any atom is -0.493 e. The van der Waals surface area contributed by atoms with E-state index >= 15 is 0 Å². The molecule has 0 atom stereocenters. The average Bonchev–Trinajstić information content (AvgIpc) is 2.55. The van der Waals surface area contributed by atoms with E-state index < -0.39 is 5.60 Å². The molecule has 0 bridgehead atoms. The first-order valence-electron chi connectivity index (χ1n) is 8.55. The molecule has 1 aromatic carbocycles. The molecule has 1 aliphatic heterocycles. The molecule has 1 amide bonds. The summed E-state index contributed by atoms with van der Waals surface area (Å²) in [7, 11) is 1.59. The molecule has 7 heteroatoms. The van der Waals surface area contributed by atoms with Crippen molar-refractivity contribution in [2.24, 2.45) is 0 Å². The highest BCUT2D eigenvalue weighted by molar-refractivity contribution is 5.68. The van der Waals surface area contributed by atoms with Crippen LogP contribution in [0.4, 0.5) is 10.5 Å². The first kappa shape index (κ1) is 19.2. The number of carbonyl (C=O) groups is 1. The van der Waals surface area contributed by atoms with Gasteiger partial charge < -0.3 is 24.8 Å². The molecule has 0 unspecified atom stereocenters. The Morgan fingerprint density at radius 3 is 2.44 bits per heavy atom. The summed E-state index contributed by atoms with van der Waals surface area (Å²) in [6.45, 7) is 9.92. The molecule has 2 rings (SSSR count). The Morgan fingerprint density at radius 1 is 1.16 bits per heavy atom. The number of nitrogen functional groups attached to an aromatic ring is 1. The summed E-state index contributed by atoms with van der Waals surface area (Å²) >= 11 is 0. The van der Waals surface area contributed by atoms with Gasteiger partial charge in [0.25, 0.3) is 0 Å². The third-order valence-corrected chi connectivity index (χ3v) is 3.88. The van der Waals surface area contributed by atoms with E-state index in [-0.39, 0.29) is 6.09 Å². The maximum absolute atomic E-state index is 12.1. The summed E-state index contributed by atoms with van der Waals surface area (Å²) < 4.78 is 16.5. The van der Waals surface area contributed by atoms with Crippen LogP contribution in [-0.2, 0) is 4.74 Å². The first-order valence-corrected chi connectivity index (χ1v) is 8.55. The second kappa shape index (κ2) is 8.29. The van der Waals surface area contributed by atoms with Gasteiger partial charge >= 0.3 is 6.09 Å². The Labute approximate surface area is 149 Å². The van der Waals surface area contributed by atoms with Gasteiger partial charge in [-0.3, -0.25) is 4.90 Å². The summed E-state index contributed by atoms with van der Waals surface area (Å²) in [5.41, 5.74) is 5.92. The highest BCUT2D eigenvalue weighted by atomic mass is 16.6. The lowest BCUT2D eigenvalue weighted by Crippen LogP contribution is -2.50. The van der Waals surface area contributed by atoms with Gasteiger partial charge in [0, 0.05) is 44.5 Å². The summed E-state index contributed by atoms with van der Waals surface area (Å²) in [5, 5.41) is 0. The van der Waals surface area contributed by atoms with Crippen LogP contribution in [0.1, 0.15) is 20.8 Å². The number of anilines is 1. The van der Waals surface area contributed by atoms with Gasteiger partial charge in [-0.25, -0.2) is 4.79 Å². The van der Waals surface area contributed by atoms with Crippen LogP contribution in [0.3, 0.4) is 0 Å². The minimum atomic E-state index is -0.458. The molecular formula is C18H29N3O4. The molecule has 25 heavy (non-hydrogen) atoms. The number of benzene rings is 1. The second-order valence-electron chi connectivity index (χ2n) is 7.07. The van der Waals surface area contributed by atoms with Crippen molar-refractivity contribution in [1.29, 1.82) is 0 Å². The van der Waals surface area contributed by atoms with Crippen LogP contribution < -0.4 is 15.2 Å². The van der Waals surface area contributed by atoms with Crippen molar-refractivity contribution in [3.63, 3.8) is 0 Å². The zero-order chi connectivity index (χ0) is 18.4. The van der Waals surface area contributed by atoms with Gasteiger partial charge in [-0.15, -0.1) is 0 Å². The van der Waals surface area contributed by atoms with Gasteiger partial charge in [-0.2, -0.15) is 0 Å². The van der Waals surface area contributed by atoms with Crippen molar-refractivity contribution in [2.45, 2.75) is 26.4 Å². The van der Waals surface area contributed by atoms with E-state index in [1.165, 1.54) is 0 Å². The zero-order valence-corrected chi connectivity index (χ0v) is 15.6. The van der Waals surface area contributed by atoms with Crippen LogP contribution in [0.25, 0.3) is 0 Å². The summed E-state index contributed by atoms with van der Waals surface area (Å²) in [6, 6.07) is 5.35. The molecule has 0 saturated carbocycles. The van der Waals surface area contributed by atoms with Crippen LogP contribution in [0, 0.1) is 0 Å². The largest absolute Gasteiger partial charge is 0.493 e. The SMILES string of the molecule is COc1cc(N)ccc1OCCN1CCN(C(=O)OC(C)(C)C)CC1. The predicted molar refractivity (Wildman–Crippen MR) is 97.1 cm³/mol. The van der Waals surface area contributed by atoms with Gasteiger partial charge in [-0.05, 0) is 32.9 Å².